The summed E-state index contributed by atoms with van der Waals surface area (Å²) >= 11 is 0. The van der Waals surface area contributed by atoms with Crippen LogP contribution in [0.3, 0.4) is 0 Å². The Balaban J connectivity index is 0.000000128. The van der Waals surface area contributed by atoms with Gasteiger partial charge in [0, 0.05) is 64.1 Å². The Morgan fingerprint density at radius 1 is 0.234 bits per heavy atom. The average Bonchev–Trinajstić information content (AvgIpc) is 0.886. The van der Waals surface area contributed by atoms with E-state index in [2.05, 4.69) is 336 Å². The number of rotatable bonds is 13. The van der Waals surface area contributed by atoms with Crippen molar-refractivity contribution in [1.82, 2.24) is 0 Å². The number of benzene rings is 19. The van der Waals surface area contributed by atoms with E-state index in [1.165, 1.54) is 138 Å². The monoisotopic (exact) mass is 1710 g/mol. The van der Waals surface area contributed by atoms with Gasteiger partial charge in [-0.1, -0.05) is 224 Å². The molecule has 0 radical (unpaired) electrons. The first kappa shape index (κ1) is 87.8. The van der Waals surface area contributed by atoms with Gasteiger partial charge < -0.3 is 25.5 Å². The quantitative estimate of drug-likeness (QED) is 0.0741. The summed E-state index contributed by atoms with van der Waals surface area (Å²) in [6.45, 7) is 10.7. The number of aryl methyl sites for hydroxylation is 2. The lowest BCUT2D eigenvalue weighted by molar-refractivity contribution is 0.466. The van der Waals surface area contributed by atoms with Gasteiger partial charge in [0.15, 0.2) is 63.6 Å². The molecular formula is C114H105O5S5+5. The maximum Gasteiger partial charge on any atom is 0.167 e. The Morgan fingerprint density at radius 2 is 0.484 bits per heavy atom. The van der Waals surface area contributed by atoms with E-state index < -0.39 is 0 Å². The normalized spacial score (nSPS) is 11.9. The second-order valence-corrected chi connectivity index (χ2v) is 41.6. The SMILES string of the molecule is C.C.CC(C)(C)c1ccc([S+](c2ccc3ccccc3c2)c2ccc3ccccc3c2)cc1.Cc1cc([S+](c2ccccc2)c2ccccc2)cc(C)c1O.Oc1ccc([S+](c2ccc(O)cc2)c2ccc(O)cc2)cc1.Oc1ccc([S+]2CCCC2)c2ccccc12.c1ccc2cc([S+](c3ccc4ccccc4c3)c3ccc4ccccc4c3)ccc2c1. The summed E-state index contributed by atoms with van der Waals surface area (Å²) in [7, 11) is -0.456. The van der Waals surface area contributed by atoms with Crippen LogP contribution in [0.5, 0.6) is 28.7 Å². The van der Waals surface area contributed by atoms with E-state index >= 15 is 0 Å². The molecule has 1 aliphatic rings. The molecule has 124 heavy (non-hydrogen) atoms. The molecule has 0 atom stereocenters. The fourth-order valence-corrected chi connectivity index (χ4v) is 26.6. The lowest BCUT2D eigenvalue weighted by Crippen LogP contribution is -2.11. The minimum Gasteiger partial charge on any atom is -0.508 e. The largest absolute Gasteiger partial charge is 0.508 e. The molecule has 5 nitrogen and oxygen atoms in total. The summed E-state index contributed by atoms with van der Waals surface area (Å²) in [5, 5.41) is 63.5. The molecule has 1 aliphatic heterocycles. The Hall–Kier alpha value is -12.5. The molecule has 1 fully saturated rings. The lowest BCUT2D eigenvalue weighted by Gasteiger charge is -2.19. The summed E-state index contributed by atoms with van der Waals surface area (Å²) in [5.41, 5.74) is 3.39. The van der Waals surface area contributed by atoms with Crippen LogP contribution < -0.4 is 0 Å². The molecule has 0 aliphatic carbocycles. The molecule has 0 bridgehead atoms. The highest BCUT2D eigenvalue weighted by Gasteiger charge is 2.35. The summed E-state index contributed by atoms with van der Waals surface area (Å²) in [4.78, 5) is 16.6. The van der Waals surface area contributed by atoms with E-state index in [0.29, 0.717) is 22.4 Å². The maximum atomic E-state index is 10.1. The lowest BCUT2D eigenvalue weighted by atomic mass is 9.87. The van der Waals surface area contributed by atoms with Crippen molar-refractivity contribution in [3.05, 3.63) is 435 Å². The van der Waals surface area contributed by atoms with Crippen molar-refractivity contribution in [2.45, 2.75) is 131 Å². The topological polar surface area (TPSA) is 101 Å². The predicted molar refractivity (Wildman–Crippen MR) is 532 cm³/mol. The van der Waals surface area contributed by atoms with Gasteiger partial charge in [-0.15, -0.1) is 0 Å². The standard InChI is InChI=1S/C30H21S.C30H27S.C20H18OS.C18H14O3S.C14H14OS.2CH4/c1-4-10-25-19-28(16-13-22(25)7-1)31(29-17-14-23-8-2-5-11-26(23)20-29)30-18-15-24-9-3-6-12-27(24)21-30;1-30(2,3)26-14-18-27(19-15-26)31(28-16-12-22-8-4-6-10-24(22)20-28)29-17-13-23-9-5-7-11-25(23)21-29;1-15-13-19(14-16(2)20(15)21)22(17-9-5-3-6-10-17)18-11-7-4-8-12-18;19-13-1-7-16(8-2-13)22(17-9-3-14(20)4-10-17)18-11-5-15(21)6-12-18;15-13-7-8-14(16-9-3-4-10-16)12-6-2-1-5-11(12)13;;/h1-21H;4-21H,1-3H3;3-14H,1-2H3;1-12H,(H2-,19,20,21);1-2,5-8H,3-4,9-10H2;2*1H4/q2*+1;;;;;/p+3. The van der Waals surface area contributed by atoms with E-state index in [4.69, 9.17) is 0 Å². The van der Waals surface area contributed by atoms with Gasteiger partial charge in [0.25, 0.3) is 0 Å². The zero-order chi connectivity index (χ0) is 84.1. The van der Waals surface area contributed by atoms with Gasteiger partial charge >= 0.3 is 0 Å². The first-order valence-electron chi connectivity index (χ1n) is 41.2. The van der Waals surface area contributed by atoms with Crippen molar-refractivity contribution in [3.63, 3.8) is 0 Å². The van der Waals surface area contributed by atoms with Gasteiger partial charge in [-0.2, -0.15) is 0 Å². The Bertz CT molecular complexity index is 6360. The second-order valence-electron chi connectivity index (χ2n) is 31.3. The van der Waals surface area contributed by atoms with E-state index in [0.717, 1.165) is 31.2 Å². The van der Waals surface area contributed by atoms with Gasteiger partial charge in [-0.25, -0.2) is 0 Å². The molecule has 0 amide bonds. The van der Waals surface area contributed by atoms with Crippen molar-refractivity contribution < 1.29 is 25.5 Å². The summed E-state index contributed by atoms with van der Waals surface area (Å²) < 4.78 is 0. The van der Waals surface area contributed by atoms with Gasteiger partial charge in [0.1, 0.15) is 40.3 Å². The predicted octanol–water partition coefficient (Wildman–Crippen LogP) is 30.2. The highest BCUT2D eigenvalue weighted by molar-refractivity contribution is 7.98. The molecule has 616 valence electrons. The molecule has 1 saturated heterocycles. The van der Waals surface area contributed by atoms with Crippen molar-refractivity contribution in [2.75, 3.05) is 11.5 Å². The Kier molecular flexibility index (Phi) is 28.8. The first-order chi connectivity index (χ1) is 59.5. The number of phenols is 5. The molecule has 0 saturated carbocycles. The van der Waals surface area contributed by atoms with Crippen LogP contribution in [0.1, 0.15) is 65.2 Å². The number of hydrogen-bond acceptors (Lipinski definition) is 5. The third-order valence-electron chi connectivity index (χ3n) is 21.8. The van der Waals surface area contributed by atoms with Crippen LogP contribution in [0.2, 0.25) is 0 Å². The first-order valence-corrected chi connectivity index (χ1v) is 47.6. The van der Waals surface area contributed by atoms with E-state index in [-0.39, 0.29) is 81.1 Å². The Labute approximate surface area is 745 Å². The third kappa shape index (κ3) is 20.9. The highest BCUT2D eigenvalue weighted by Crippen LogP contribution is 2.42. The minimum atomic E-state index is -0.373. The Morgan fingerprint density at radius 3 is 0.806 bits per heavy atom. The molecule has 0 spiro atoms. The zero-order valence-corrected chi connectivity index (χ0v) is 73.0. The van der Waals surface area contributed by atoms with Gasteiger partial charge in [-0.3, -0.25) is 0 Å². The maximum absolute atomic E-state index is 10.1. The van der Waals surface area contributed by atoms with Crippen LogP contribution in [0, 0.1) is 13.8 Å². The van der Waals surface area contributed by atoms with Crippen LogP contribution in [0.15, 0.2) is 482 Å². The average molecular weight is 1720 g/mol. The summed E-state index contributed by atoms with van der Waals surface area (Å²) in [6, 6.07) is 146. The van der Waals surface area contributed by atoms with Gasteiger partial charge in [-0.05, 0) is 291 Å². The van der Waals surface area contributed by atoms with Crippen LogP contribution in [0.4, 0.5) is 0 Å². The zero-order valence-electron chi connectivity index (χ0n) is 68.9. The van der Waals surface area contributed by atoms with Crippen LogP contribution in [0.25, 0.3) is 64.6 Å². The van der Waals surface area contributed by atoms with E-state index in [1.54, 1.807) is 36.4 Å². The molecule has 20 rings (SSSR count). The molecule has 10 heteroatoms. The number of fused-ring (bicyclic) bond motifs is 6. The smallest absolute Gasteiger partial charge is 0.167 e. The fourth-order valence-electron chi connectivity index (χ4n) is 15.5. The number of phenolic OH excluding ortho intramolecular Hbond substituents is 5. The van der Waals surface area contributed by atoms with Crippen molar-refractivity contribution in [2.24, 2.45) is 0 Å². The van der Waals surface area contributed by atoms with Crippen LogP contribution >= 0.6 is 0 Å². The molecule has 1 heterocycles. The molecule has 19 aromatic rings. The second kappa shape index (κ2) is 40.7. The molecule has 5 N–H and O–H groups in total. The van der Waals surface area contributed by atoms with E-state index in [1.807, 2.05) is 80.6 Å². The van der Waals surface area contributed by atoms with Crippen LogP contribution in [-0.2, 0) is 59.9 Å². The number of hydrogen-bond donors (Lipinski definition) is 5. The fraction of sp³-hybridized carbons (Fsp3) is 0.105. The van der Waals surface area contributed by atoms with Gasteiger partial charge in [0.2, 0.25) is 0 Å². The summed E-state index contributed by atoms with van der Waals surface area (Å²) in [5.74, 6) is 4.13. The van der Waals surface area contributed by atoms with Crippen molar-refractivity contribution in [3.8, 4) is 28.7 Å². The number of aromatic hydroxyl groups is 5. The van der Waals surface area contributed by atoms with Gasteiger partial charge in [0.05, 0.1) is 43.6 Å². The molecule has 19 aromatic carbocycles. The molecule has 0 aromatic heterocycles. The van der Waals surface area contributed by atoms with Crippen molar-refractivity contribution in [1.29, 1.82) is 0 Å². The van der Waals surface area contributed by atoms with Crippen molar-refractivity contribution >= 4 is 119 Å². The molecule has 0 unspecified atom stereocenters. The third-order valence-corrected chi connectivity index (χ3v) is 33.2. The highest BCUT2D eigenvalue weighted by atomic mass is 32.2. The summed E-state index contributed by atoms with van der Waals surface area (Å²) in [6.07, 6.45) is 2.72. The minimum absolute atomic E-state index is 0. The van der Waals surface area contributed by atoms with Crippen LogP contribution in [-0.4, -0.2) is 37.0 Å². The van der Waals surface area contributed by atoms with E-state index in [9.17, 15) is 25.5 Å². The molecular weight excluding hydrogens is 1610 g/mol.